The second-order valence-corrected chi connectivity index (χ2v) is 7.12. The molecular formula is C18H24N4OS. The Balaban J connectivity index is 1.43. The van der Waals surface area contributed by atoms with Crippen molar-refractivity contribution in [3.8, 4) is 10.6 Å². The average molecular weight is 344 g/mol. The standard InChI is InChI=1S/C18H24N4OS/c23-16(19-11-8-14-22-12-6-1-2-7-13-22)18-21-20-17(24-18)15-9-4-3-5-10-15/h3-5,9-10H,1-2,6-8,11-14H2,(H,19,23). The number of rotatable bonds is 6. The van der Waals surface area contributed by atoms with E-state index in [2.05, 4.69) is 20.4 Å². The van der Waals surface area contributed by atoms with Crippen molar-refractivity contribution >= 4 is 17.2 Å². The van der Waals surface area contributed by atoms with Crippen molar-refractivity contribution in [1.82, 2.24) is 20.4 Å². The summed E-state index contributed by atoms with van der Waals surface area (Å²) in [6, 6.07) is 9.83. The summed E-state index contributed by atoms with van der Waals surface area (Å²) in [6.07, 6.45) is 6.30. The molecule has 0 aliphatic carbocycles. The number of nitrogens with one attached hydrogen (secondary N) is 1. The number of carbonyl (C=O) groups is 1. The van der Waals surface area contributed by atoms with E-state index in [0.717, 1.165) is 23.5 Å². The highest BCUT2D eigenvalue weighted by Crippen LogP contribution is 2.22. The molecule has 0 unspecified atom stereocenters. The van der Waals surface area contributed by atoms with Crippen molar-refractivity contribution in [3.05, 3.63) is 35.3 Å². The zero-order chi connectivity index (χ0) is 16.6. The Labute approximate surface area is 147 Å². The van der Waals surface area contributed by atoms with Crippen LogP contribution in [-0.4, -0.2) is 47.2 Å². The van der Waals surface area contributed by atoms with Crippen molar-refractivity contribution in [3.63, 3.8) is 0 Å². The average Bonchev–Trinajstić information content (AvgIpc) is 2.97. The van der Waals surface area contributed by atoms with Crippen molar-refractivity contribution in [1.29, 1.82) is 0 Å². The van der Waals surface area contributed by atoms with Crippen LogP contribution >= 0.6 is 11.3 Å². The molecule has 1 aromatic heterocycles. The molecule has 0 radical (unpaired) electrons. The van der Waals surface area contributed by atoms with Gasteiger partial charge in [0.05, 0.1) is 0 Å². The smallest absolute Gasteiger partial charge is 0.282 e. The molecule has 1 aliphatic heterocycles. The fourth-order valence-electron chi connectivity index (χ4n) is 2.95. The highest BCUT2D eigenvalue weighted by Gasteiger charge is 2.14. The van der Waals surface area contributed by atoms with Crippen molar-refractivity contribution in [2.24, 2.45) is 0 Å². The van der Waals surface area contributed by atoms with Gasteiger partial charge in [-0.1, -0.05) is 54.5 Å². The minimum absolute atomic E-state index is 0.120. The van der Waals surface area contributed by atoms with Crippen LogP contribution in [0.5, 0.6) is 0 Å². The summed E-state index contributed by atoms with van der Waals surface area (Å²) >= 11 is 1.34. The fourth-order valence-corrected chi connectivity index (χ4v) is 3.72. The molecule has 1 amide bonds. The van der Waals surface area contributed by atoms with E-state index in [4.69, 9.17) is 0 Å². The first kappa shape index (κ1) is 17.0. The molecule has 128 valence electrons. The van der Waals surface area contributed by atoms with Gasteiger partial charge >= 0.3 is 0 Å². The summed E-state index contributed by atoms with van der Waals surface area (Å²) in [6.45, 7) is 4.15. The first-order valence-corrected chi connectivity index (χ1v) is 9.54. The topological polar surface area (TPSA) is 58.1 Å². The Morgan fingerprint density at radius 2 is 1.83 bits per heavy atom. The number of benzene rings is 1. The van der Waals surface area contributed by atoms with E-state index in [-0.39, 0.29) is 5.91 Å². The van der Waals surface area contributed by atoms with Gasteiger partial charge in [0.2, 0.25) is 5.01 Å². The van der Waals surface area contributed by atoms with Gasteiger partial charge in [-0.3, -0.25) is 4.79 Å². The van der Waals surface area contributed by atoms with E-state index in [1.165, 1.54) is 50.1 Å². The van der Waals surface area contributed by atoms with Gasteiger partial charge in [0.1, 0.15) is 5.01 Å². The van der Waals surface area contributed by atoms with E-state index in [1.54, 1.807) is 0 Å². The maximum atomic E-state index is 12.2. The molecule has 1 saturated heterocycles. The van der Waals surface area contributed by atoms with Crippen LogP contribution in [0.25, 0.3) is 10.6 Å². The molecule has 3 rings (SSSR count). The molecule has 24 heavy (non-hydrogen) atoms. The Morgan fingerprint density at radius 1 is 1.08 bits per heavy atom. The third kappa shape index (κ3) is 4.85. The highest BCUT2D eigenvalue weighted by atomic mass is 32.1. The van der Waals surface area contributed by atoms with Gasteiger partial charge in [-0.05, 0) is 38.9 Å². The van der Waals surface area contributed by atoms with E-state index in [0.29, 0.717) is 11.6 Å². The molecule has 0 spiro atoms. The lowest BCUT2D eigenvalue weighted by molar-refractivity contribution is 0.0950. The number of nitrogens with zero attached hydrogens (tertiary/aromatic N) is 3. The van der Waals surface area contributed by atoms with Crippen LogP contribution in [0, 0.1) is 0 Å². The SMILES string of the molecule is O=C(NCCCN1CCCCCC1)c1nnc(-c2ccccc2)s1. The lowest BCUT2D eigenvalue weighted by atomic mass is 10.2. The van der Waals surface area contributed by atoms with Gasteiger partial charge in [0.25, 0.3) is 5.91 Å². The summed E-state index contributed by atoms with van der Waals surface area (Å²) in [5, 5.41) is 12.3. The maximum Gasteiger partial charge on any atom is 0.282 e. The molecule has 0 saturated carbocycles. The van der Waals surface area contributed by atoms with Gasteiger partial charge in [0.15, 0.2) is 0 Å². The number of hydrogen-bond donors (Lipinski definition) is 1. The summed E-state index contributed by atoms with van der Waals surface area (Å²) in [4.78, 5) is 14.7. The van der Waals surface area contributed by atoms with Gasteiger partial charge in [-0.25, -0.2) is 0 Å². The summed E-state index contributed by atoms with van der Waals surface area (Å²) in [5.74, 6) is -0.120. The van der Waals surface area contributed by atoms with E-state index in [9.17, 15) is 4.79 Å². The molecule has 2 heterocycles. The highest BCUT2D eigenvalue weighted by molar-refractivity contribution is 7.16. The predicted octanol–water partition coefficient (Wildman–Crippen LogP) is 3.20. The quantitative estimate of drug-likeness (QED) is 0.818. The lowest BCUT2D eigenvalue weighted by Crippen LogP contribution is -2.30. The Hall–Kier alpha value is -1.79. The molecule has 6 heteroatoms. The number of aromatic nitrogens is 2. The van der Waals surface area contributed by atoms with Gasteiger partial charge in [-0.2, -0.15) is 0 Å². The Bertz CT molecular complexity index is 635. The Morgan fingerprint density at radius 3 is 2.58 bits per heavy atom. The van der Waals surface area contributed by atoms with Crippen LogP contribution in [0.2, 0.25) is 0 Å². The van der Waals surface area contributed by atoms with E-state index >= 15 is 0 Å². The lowest BCUT2D eigenvalue weighted by Gasteiger charge is -2.19. The molecule has 0 atom stereocenters. The summed E-state index contributed by atoms with van der Waals surface area (Å²) < 4.78 is 0. The zero-order valence-corrected chi connectivity index (χ0v) is 14.7. The van der Waals surface area contributed by atoms with Crippen molar-refractivity contribution in [2.75, 3.05) is 26.2 Å². The second-order valence-electron chi connectivity index (χ2n) is 6.14. The summed E-state index contributed by atoms with van der Waals surface area (Å²) in [5.41, 5.74) is 0.996. The van der Waals surface area contributed by atoms with E-state index in [1.807, 2.05) is 30.3 Å². The number of carbonyl (C=O) groups excluding carboxylic acids is 1. The summed E-state index contributed by atoms with van der Waals surface area (Å²) in [7, 11) is 0. The van der Waals surface area contributed by atoms with Crippen LogP contribution < -0.4 is 5.32 Å². The third-order valence-electron chi connectivity index (χ3n) is 4.28. The van der Waals surface area contributed by atoms with Crippen molar-refractivity contribution in [2.45, 2.75) is 32.1 Å². The number of likely N-dealkylation sites (tertiary alicyclic amines) is 1. The molecule has 1 aliphatic rings. The maximum absolute atomic E-state index is 12.2. The first-order valence-electron chi connectivity index (χ1n) is 8.72. The molecule has 0 bridgehead atoms. The van der Waals surface area contributed by atoms with Crippen LogP contribution in [0.3, 0.4) is 0 Å². The molecule has 2 aromatic rings. The molecule has 1 fully saturated rings. The minimum atomic E-state index is -0.120. The molecular weight excluding hydrogens is 320 g/mol. The van der Waals surface area contributed by atoms with Crippen LogP contribution in [0.15, 0.2) is 30.3 Å². The second kappa shape index (κ2) is 8.89. The zero-order valence-electron chi connectivity index (χ0n) is 13.9. The predicted molar refractivity (Wildman–Crippen MR) is 97.2 cm³/mol. The monoisotopic (exact) mass is 344 g/mol. The number of amides is 1. The number of hydrogen-bond acceptors (Lipinski definition) is 5. The van der Waals surface area contributed by atoms with Gasteiger partial charge in [-0.15, -0.1) is 10.2 Å². The molecule has 1 N–H and O–H groups in total. The van der Waals surface area contributed by atoms with Crippen LogP contribution in [0.1, 0.15) is 41.9 Å². The van der Waals surface area contributed by atoms with Crippen molar-refractivity contribution < 1.29 is 4.79 Å². The minimum Gasteiger partial charge on any atom is -0.350 e. The largest absolute Gasteiger partial charge is 0.350 e. The van der Waals surface area contributed by atoms with Crippen LogP contribution in [0.4, 0.5) is 0 Å². The van der Waals surface area contributed by atoms with Gasteiger partial charge < -0.3 is 10.2 Å². The van der Waals surface area contributed by atoms with E-state index < -0.39 is 0 Å². The molecule has 1 aromatic carbocycles. The third-order valence-corrected chi connectivity index (χ3v) is 5.25. The Kier molecular flexibility index (Phi) is 6.32. The first-order chi connectivity index (χ1) is 11.8. The normalized spacial score (nSPS) is 15.8. The van der Waals surface area contributed by atoms with Crippen LogP contribution in [-0.2, 0) is 0 Å². The van der Waals surface area contributed by atoms with Gasteiger partial charge in [0, 0.05) is 12.1 Å². The fraction of sp³-hybridized carbons (Fsp3) is 0.500. The molecule has 5 nitrogen and oxygen atoms in total.